The second-order valence-corrected chi connectivity index (χ2v) is 12.5. The molecule has 0 aromatic carbocycles. The van der Waals surface area contributed by atoms with Gasteiger partial charge >= 0.3 is 6.18 Å². The minimum atomic E-state index is -4.32. The Bertz CT molecular complexity index is 683. The van der Waals surface area contributed by atoms with E-state index in [4.69, 9.17) is 7.80 Å². The van der Waals surface area contributed by atoms with Crippen LogP contribution >= 0.6 is 23.0 Å². The third-order valence-corrected chi connectivity index (χ3v) is 11.9. The third kappa shape index (κ3) is 3.86. The Labute approximate surface area is 204 Å². The zero-order chi connectivity index (χ0) is 23.5. The Kier molecular flexibility index (Phi) is 6.99. The van der Waals surface area contributed by atoms with Gasteiger partial charge in [-0.05, 0) is 104 Å². The van der Waals surface area contributed by atoms with Crippen molar-refractivity contribution in [2.75, 3.05) is 13.8 Å². The van der Waals surface area contributed by atoms with Crippen LogP contribution in [0.3, 0.4) is 0 Å². The van der Waals surface area contributed by atoms with E-state index in [1.54, 1.807) is 6.92 Å². The van der Waals surface area contributed by atoms with Crippen LogP contribution in [0.2, 0.25) is 0 Å². The molecule has 7 heteroatoms. The van der Waals surface area contributed by atoms with Crippen LogP contribution in [0.15, 0.2) is 0 Å². The van der Waals surface area contributed by atoms with Crippen molar-refractivity contribution in [2.24, 2.45) is 46.3 Å². The van der Waals surface area contributed by atoms with Crippen molar-refractivity contribution < 1.29 is 25.4 Å². The van der Waals surface area contributed by atoms with Gasteiger partial charge in [-0.15, -0.1) is 0 Å². The van der Waals surface area contributed by atoms with E-state index in [2.05, 4.69) is 13.8 Å². The Morgan fingerprint density at radius 1 is 0.969 bits per heavy atom. The smallest absolute Gasteiger partial charge is 0.372 e. The highest BCUT2D eigenvalue weighted by molar-refractivity contribution is 14.1. The topological polar surface area (TPSA) is 18.5 Å². The van der Waals surface area contributed by atoms with E-state index < -0.39 is 30.5 Å². The third-order valence-electron chi connectivity index (χ3n) is 11.0. The molecule has 0 aliphatic heterocycles. The van der Waals surface area contributed by atoms with Crippen molar-refractivity contribution >= 4 is 23.0 Å². The van der Waals surface area contributed by atoms with E-state index in [0.29, 0.717) is 23.7 Å². The lowest BCUT2D eigenvalue weighted by Gasteiger charge is -2.62. The number of fused-ring (bicyclic) bond motifs is 5. The Morgan fingerprint density at radius 3 is 2.25 bits per heavy atom. The molecule has 0 aromatic rings. The molecule has 0 saturated heterocycles. The van der Waals surface area contributed by atoms with Gasteiger partial charge in [-0.2, -0.15) is 13.2 Å². The number of methoxy groups -OCH3 is 1. The van der Waals surface area contributed by atoms with Gasteiger partial charge in [0.25, 0.3) is 0 Å². The molecule has 0 unspecified atom stereocenters. The van der Waals surface area contributed by atoms with Crippen LogP contribution in [0.25, 0.3) is 0 Å². The molecule has 0 N–H and O–H groups in total. The first-order valence-corrected chi connectivity index (χ1v) is 13.3. The second kappa shape index (κ2) is 8.79. The van der Waals surface area contributed by atoms with Crippen LogP contribution in [0.5, 0.6) is 0 Å². The first-order chi connectivity index (χ1) is 15.0. The zero-order valence-electron chi connectivity index (χ0n) is 19.8. The summed E-state index contributed by atoms with van der Waals surface area (Å²) in [7, 11) is 1.20. The summed E-state index contributed by atoms with van der Waals surface area (Å²) in [5.74, 6) is 1.67. The van der Waals surface area contributed by atoms with Gasteiger partial charge < -0.3 is 7.80 Å². The SMILES string of the molecule is CO[C@@H]([C@@H](C)[C@H]1CC[C@H]2[C@@H]3CC[C@@H]4C[C@](CF)(OI)CC[C@]4(C)[C@H]3CC[C@]12C)C(F)(F)F. The lowest BCUT2D eigenvalue weighted by Crippen LogP contribution is -2.57. The van der Waals surface area contributed by atoms with Gasteiger partial charge in [0, 0.05) is 7.11 Å². The Balaban J connectivity index is 1.54. The summed E-state index contributed by atoms with van der Waals surface area (Å²) in [5, 5.41) is 0. The molecule has 0 bridgehead atoms. The van der Waals surface area contributed by atoms with Crippen molar-refractivity contribution in [3.8, 4) is 0 Å². The van der Waals surface area contributed by atoms with E-state index in [9.17, 15) is 17.6 Å². The molecule has 4 rings (SSSR count). The first-order valence-electron chi connectivity index (χ1n) is 12.4. The maximum atomic E-state index is 13.9. The van der Waals surface area contributed by atoms with Gasteiger partial charge in [-0.1, -0.05) is 20.8 Å². The van der Waals surface area contributed by atoms with Crippen LogP contribution in [0, 0.1) is 46.3 Å². The zero-order valence-corrected chi connectivity index (χ0v) is 22.0. The molecule has 4 fully saturated rings. The van der Waals surface area contributed by atoms with Crippen LogP contribution in [-0.2, 0) is 7.80 Å². The summed E-state index contributed by atoms with van der Waals surface area (Å²) in [6.07, 6.45) is 2.77. The van der Waals surface area contributed by atoms with E-state index >= 15 is 0 Å². The van der Waals surface area contributed by atoms with Crippen molar-refractivity contribution in [3.05, 3.63) is 0 Å². The summed E-state index contributed by atoms with van der Waals surface area (Å²) in [6, 6.07) is 0. The summed E-state index contributed by atoms with van der Waals surface area (Å²) in [6.45, 7) is 6.04. The van der Waals surface area contributed by atoms with E-state index in [1.165, 1.54) is 7.11 Å². The monoisotopic (exact) mass is 574 g/mol. The lowest BCUT2D eigenvalue weighted by molar-refractivity contribution is -0.237. The van der Waals surface area contributed by atoms with Gasteiger partial charge in [0.1, 0.15) is 35.3 Å². The molecule has 2 nitrogen and oxygen atoms in total. The number of hydrogen-bond acceptors (Lipinski definition) is 2. The highest BCUT2D eigenvalue weighted by atomic mass is 127. The normalized spacial score (nSPS) is 48.5. The molecule has 0 aromatic heterocycles. The molecular formula is C25H39F4IO2. The molecular weight excluding hydrogens is 535 g/mol. The summed E-state index contributed by atoms with van der Waals surface area (Å²) >= 11 is 1.88. The molecule has 10 atom stereocenters. The molecule has 0 amide bonds. The standard InChI is InChI=1S/C25H39F4IO2/c1-15(21(31-4)25(27,28)29)18-7-8-19-17-6-5-16-13-24(14-26,32-30)12-11-22(16,2)20(17)9-10-23(18,19)3/h15-21H,5-14H2,1-4H3/t15-,16+,17-,18+,19-,20-,21-,22-,23+,24+/m0/s1. The molecule has 0 radical (unpaired) electrons. The summed E-state index contributed by atoms with van der Waals surface area (Å²) in [4.78, 5) is 0. The van der Waals surface area contributed by atoms with E-state index in [0.717, 1.165) is 57.8 Å². The van der Waals surface area contributed by atoms with E-state index in [-0.39, 0.29) is 16.7 Å². The van der Waals surface area contributed by atoms with Crippen molar-refractivity contribution in [3.63, 3.8) is 0 Å². The van der Waals surface area contributed by atoms with Gasteiger partial charge in [-0.3, -0.25) is 0 Å². The molecule has 4 aliphatic rings. The fourth-order valence-electron chi connectivity index (χ4n) is 9.28. The number of ether oxygens (including phenoxy) is 1. The minimum absolute atomic E-state index is 0.0449. The summed E-state index contributed by atoms with van der Waals surface area (Å²) in [5.41, 5.74) is -0.473. The van der Waals surface area contributed by atoms with Crippen LogP contribution in [0.1, 0.15) is 78.6 Å². The van der Waals surface area contributed by atoms with Crippen LogP contribution in [0.4, 0.5) is 17.6 Å². The summed E-state index contributed by atoms with van der Waals surface area (Å²) < 4.78 is 65.4. The van der Waals surface area contributed by atoms with Crippen molar-refractivity contribution in [1.82, 2.24) is 0 Å². The van der Waals surface area contributed by atoms with Crippen LogP contribution < -0.4 is 0 Å². The average molecular weight is 574 g/mol. The van der Waals surface area contributed by atoms with Crippen molar-refractivity contribution in [1.29, 1.82) is 0 Å². The highest BCUT2D eigenvalue weighted by Crippen LogP contribution is 2.69. The Hall–Kier alpha value is 0.370. The number of halogens is 5. The lowest BCUT2D eigenvalue weighted by atomic mass is 9.43. The molecule has 4 aliphatic carbocycles. The second-order valence-electron chi connectivity index (χ2n) is 12.0. The van der Waals surface area contributed by atoms with Gasteiger partial charge in [-0.25, -0.2) is 4.39 Å². The predicted molar refractivity (Wildman–Crippen MR) is 125 cm³/mol. The highest BCUT2D eigenvalue weighted by Gasteiger charge is 2.63. The van der Waals surface area contributed by atoms with Gasteiger partial charge in [0.15, 0.2) is 6.10 Å². The maximum absolute atomic E-state index is 13.9. The number of alkyl halides is 4. The van der Waals surface area contributed by atoms with Gasteiger partial charge in [0.2, 0.25) is 0 Å². The van der Waals surface area contributed by atoms with E-state index in [1.807, 2.05) is 23.0 Å². The number of rotatable bonds is 5. The molecule has 32 heavy (non-hydrogen) atoms. The Morgan fingerprint density at radius 2 is 1.66 bits per heavy atom. The fourth-order valence-corrected chi connectivity index (χ4v) is 9.80. The largest absolute Gasteiger partial charge is 0.414 e. The number of hydrogen-bond donors (Lipinski definition) is 0. The minimum Gasteiger partial charge on any atom is -0.372 e. The quantitative estimate of drug-likeness (QED) is 0.245. The predicted octanol–water partition coefficient (Wildman–Crippen LogP) is 7.93. The molecule has 186 valence electrons. The first kappa shape index (κ1) is 25.5. The van der Waals surface area contributed by atoms with Gasteiger partial charge in [0.05, 0.1) is 0 Å². The molecule has 0 spiro atoms. The van der Waals surface area contributed by atoms with Crippen molar-refractivity contribution in [2.45, 2.75) is 96.4 Å². The van der Waals surface area contributed by atoms with Crippen LogP contribution in [-0.4, -0.2) is 31.7 Å². The maximum Gasteiger partial charge on any atom is 0.414 e. The fraction of sp³-hybridized carbons (Fsp3) is 1.00. The molecule has 0 heterocycles. The average Bonchev–Trinajstić information content (AvgIpc) is 3.10. The molecule has 4 saturated carbocycles.